The van der Waals surface area contributed by atoms with Crippen molar-refractivity contribution in [3.8, 4) is 0 Å². The summed E-state index contributed by atoms with van der Waals surface area (Å²) in [5.74, 6) is 0. The molecule has 9 heteroatoms. The van der Waals surface area contributed by atoms with Gasteiger partial charge in [-0.2, -0.15) is 0 Å². The monoisotopic (exact) mass is 410 g/mol. The second kappa shape index (κ2) is 8.61. The molecule has 0 radical (unpaired) electrons. The third kappa shape index (κ3) is 7.89. The van der Waals surface area contributed by atoms with E-state index >= 15 is 0 Å². The lowest BCUT2D eigenvalue weighted by atomic mass is 10.0. The number of rotatable bonds is 8. The molecule has 0 N–H and O–H groups in total. The molecule has 0 saturated carbocycles. The first-order chi connectivity index (χ1) is 11.2. The van der Waals surface area contributed by atoms with Crippen LogP contribution in [0, 0.1) is 0 Å². The van der Waals surface area contributed by atoms with Crippen LogP contribution in [-0.2, 0) is 27.5 Å². The molecule has 1 heterocycles. The topological polar surface area (TPSA) is 55.4 Å². The molecule has 1 aliphatic rings. The van der Waals surface area contributed by atoms with E-state index in [0.29, 0.717) is 0 Å². The van der Waals surface area contributed by atoms with Gasteiger partial charge in [-0.15, -0.1) is 0 Å². The van der Waals surface area contributed by atoms with Crippen LogP contribution < -0.4 is 0 Å². The lowest BCUT2D eigenvalue weighted by Crippen LogP contribution is -2.64. The van der Waals surface area contributed by atoms with E-state index in [1.54, 1.807) is 14.2 Å². The van der Waals surface area contributed by atoms with Crippen molar-refractivity contribution < 1.29 is 27.5 Å². The van der Waals surface area contributed by atoms with E-state index in [1.807, 2.05) is 0 Å². The van der Waals surface area contributed by atoms with Crippen LogP contribution in [0.4, 0.5) is 0 Å². The van der Waals surface area contributed by atoms with E-state index in [4.69, 9.17) is 27.5 Å². The molecule has 1 fully saturated rings. The van der Waals surface area contributed by atoms with Crippen LogP contribution in [-0.4, -0.2) is 70.1 Å². The van der Waals surface area contributed by atoms with Gasteiger partial charge in [0.15, 0.2) is 37.5 Å². The molecular weight excluding hydrogens is 372 g/mol. The maximum atomic E-state index is 6.41. The Morgan fingerprint density at radius 2 is 0.880 bits per heavy atom. The minimum absolute atomic E-state index is 0.312. The van der Waals surface area contributed by atoms with Gasteiger partial charge in [0, 0.05) is 14.2 Å². The maximum Gasteiger partial charge on any atom is 0.187 e. The summed E-state index contributed by atoms with van der Waals surface area (Å²) in [4.78, 5) is 0. The molecule has 6 nitrogen and oxygen atoms in total. The van der Waals surface area contributed by atoms with Gasteiger partial charge in [0.1, 0.15) is 18.3 Å². The Kier molecular flexibility index (Phi) is 8.08. The van der Waals surface area contributed by atoms with Gasteiger partial charge in [0.05, 0.1) is 0 Å². The van der Waals surface area contributed by atoms with Crippen LogP contribution in [0.15, 0.2) is 0 Å². The van der Waals surface area contributed by atoms with Crippen LogP contribution in [0.3, 0.4) is 0 Å². The zero-order valence-electron chi connectivity index (χ0n) is 17.8. The molecule has 0 aromatic carbocycles. The highest BCUT2D eigenvalue weighted by Crippen LogP contribution is 2.33. The molecular formula is C16H38O6Si3. The highest BCUT2D eigenvalue weighted by molar-refractivity contribution is 6.70. The Labute approximate surface area is 156 Å². The molecule has 1 rings (SSSR count). The molecule has 1 saturated heterocycles. The van der Waals surface area contributed by atoms with E-state index in [-0.39, 0.29) is 18.3 Å². The summed E-state index contributed by atoms with van der Waals surface area (Å²) in [5.41, 5.74) is 0. The van der Waals surface area contributed by atoms with Crippen LogP contribution in [0.25, 0.3) is 0 Å². The first kappa shape index (κ1) is 23.5. The average Bonchev–Trinajstić information content (AvgIpc) is 2.36. The zero-order chi connectivity index (χ0) is 19.6. The minimum atomic E-state index is -1.85. The van der Waals surface area contributed by atoms with E-state index in [1.165, 1.54) is 0 Å². The normalized spacial score (nSPS) is 32.0. The molecule has 0 aromatic heterocycles. The standard InChI is InChI=1S/C16H38O6Si3/c1-17-12-13(18-2)15(21-24(6,7)8)19-16(22-25(9,10)11)14(12)20-23(3,4)5/h12-16H,1-11H3/t12-,13+,14+,15+,16?/m1/s1. The van der Waals surface area contributed by atoms with Crippen molar-refractivity contribution >= 4 is 25.0 Å². The predicted octanol–water partition coefficient (Wildman–Crippen LogP) is 3.62. The van der Waals surface area contributed by atoms with Gasteiger partial charge in [-0.3, -0.25) is 0 Å². The molecule has 150 valence electrons. The SMILES string of the molecule is CO[C@@H]1[C@H](O[Si](C)(C)C)OC(O[Si](C)(C)C)[C@@H](O[Si](C)(C)C)[C@@H]1OC. The lowest BCUT2D eigenvalue weighted by molar-refractivity contribution is -0.321. The number of hydrogen-bond donors (Lipinski definition) is 0. The van der Waals surface area contributed by atoms with Crippen molar-refractivity contribution in [1.82, 2.24) is 0 Å². The third-order valence-electron chi connectivity index (χ3n) is 3.43. The van der Waals surface area contributed by atoms with E-state index in [0.717, 1.165) is 0 Å². The number of methoxy groups -OCH3 is 2. The molecule has 0 amide bonds. The Morgan fingerprint density at radius 1 is 0.520 bits per heavy atom. The van der Waals surface area contributed by atoms with Gasteiger partial charge in [-0.05, 0) is 58.9 Å². The smallest absolute Gasteiger partial charge is 0.187 e. The summed E-state index contributed by atoms with van der Waals surface area (Å²) in [6.45, 7) is 19.3. The fourth-order valence-electron chi connectivity index (χ4n) is 2.71. The van der Waals surface area contributed by atoms with Crippen molar-refractivity contribution in [3.05, 3.63) is 0 Å². The zero-order valence-corrected chi connectivity index (χ0v) is 20.8. The first-order valence-electron chi connectivity index (χ1n) is 8.91. The maximum absolute atomic E-state index is 6.41. The second-order valence-electron chi connectivity index (χ2n) is 9.43. The van der Waals surface area contributed by atoms with Gasteiger partial charge in [0.2, 0.25) is 0 Å². The molecule has 0 aliphatic carbocycles. The number of hydrogen-bond acceptors (Lipinski definition) is 6. The Bertz CT molecular complexity index is 416. The Balaban J connectivity index is 3.18. The summed E-state index contributed by atoms with van der Waals surface area (Å²) in [6.07, 6.45) is -2.05. The summed E-state index contributed by atoms with van der Waals surface area (Å²) >= 11 is 0. The molecule has 25 heavy (non-hydrogen) atoms. The third-order valence-corrected chi connectivity index (χ3v) is 6.28. The van der Waals surface area contributed by atoms with Gasteiger partial charge >= 0.3 is 0 Å². The number of ether oxygens (including phenoxy) is 3. The van der Waals surface area contributed by atoms with Crippen LogP contribution in [0.1, 0.15) is 0 Å². The molecule has 0 aromatic rings. The molecule has 5 atom stereocenters. The Hall–Kier alpha value is 0.411. The summed E-state index contributed by atoms with van der Waals surface area (Å²) in [7, 11) is -2.20. The van der Waals surface area contributed by atoms with Gasteiger partial charge in [-0.25, -0.2) is 0 Å². The second-order valence-corrected chi connectivity index (χ2v) is 22.8. The van der Waals surface area contributed by atoms with Crippen molar-refractivity contribution in [1.29, 1.82) is 0 Å². The van der Waals surface area contributed by atoms with Crippen molar-refractivity contribution in [2.45, 2.75) is 89.8 Å². The predicted molar refractivity (Wildman–Crippen MR) is 107 cm³/mol. The fourth-order valence-corrected chi connectivity index (χ4v) is 5.55. The van der Waals surface area contributed by atoms with Crippen molar-refractivity contribution in [2.24, 2.45) is 0 Å². The molecule has 1 aliphatic heterocycles. The van der Waals surface area contributed by atoms with Gasteiger partial charge < -0.3 is 27.5 Å². The summed E-state index contributed by atoms with van der Waals surface area (Å²) < 4.78 is 36.7. The molecule has 0 spiro atoms. The first-order valence-corrected chi connectivity index (χ1v) is 19.1. The van der Waals surface area contributed by atoms with Crippen LogP contribution in [0.2, 0.25) is 58.9 Å². The lowest BCUT2D eigenvalue weighted by Gasteiger charge is -2.49. The quantitative estimate of drug-likeness (QED) is 0.570. The van der Waals surface area contributed by atoms with Gasteiger partial charge in [-0.1, -0.05) is 0 Å². The van der Waals surface area contributed by atoms with Crippen LogP contribution in [0.5, 0.6) is 0 Å². The summed E-state index contributed by atoms with van der Waals surface area (Å²) in [5, 5.41) is 0. The minimum Gasteiger partial charge on any atom is -0.407 e. The molecule has 0 bridgehead atoms. The highest BCUT2D eigenvalue weighted by Gasteiger charge is 2.51. The van der Waals surface area contributed by atoms with E-state index in [2.05, 4.69) is 58.9 Å². The van der Waals surface area contributed by atoms with Gasteiger partial charge in [0.25, 0.3) is 0 Å². The van der Waals surface area contributed by atoms with Crippen LogP contribution >= 0.6 is 0 Å². The Morgan fingerprint density at radius 3 is 1.20 bits per heavy atom. The average molecular weight is 411 g/mol. The van der Waals surface area contributed by atoms with Crippen molar-refractivity contribution in [2.75, 3.05) is 14.2 Å². The largest absolute Gasteiger partial charge is 0.407 e. The molecule has 1 unspecified atom stereocenters. The van der Waals surface area contributed by atoms with Crippen molar-refractivity contribution in [3.63, 3.8) is 0 Å². The fraction of sp³-hybridized carbons (Fsp3) is 1.00. The highest BCUT2D eigenvalue weighted by atomic mass is 28.4. The van der Waals surface area contributed by atoms with E-state index < -0.39 is 37.5 Å². The summed E-state index contributed by atoms with van der Waals surface area (Å²) in [6, 6.07) is 0. The van der Waals surface area contributed by atoms with E-state index in [9.17, 15) is 0 Å².